The molecule has 2 aromatic carbocycles. The average molecular weight is 375 g/mol. The summed E-state index contributed by atoms with van der Waals surface area (Å²) in [6, 6.07) is 11.0. The molecule has 7 heteroatoms. The predicted octanol–water partition coefficient (Wildman–Crippen LogP) is 2.55. The van der Waals surface area contributed by atoms with Crippen molar-refractivity contribution in [3.8, 4) is 23.0 Å². The fourth-order valence-electron chi connectivity index (χ4n) is 2.56. The van der Waals surface area contributed by atoms with Gasteiger partial charge in [-0.2, -0.15) is 5.48 Å². The van der Waals surface area contributed by atoms with Gasteiger partial charge in [0.05, 0.1) is 34.9 Å². The third-order valence-electron chi connectivity index (χ3n) is 3.95. The van der Waals surface area contributed by atoms with Crippen molar-refractivity contribution in [1.29, 1.82) is 0 Å². The molecule has 1 N–H and O–H groups in total. The van der Waals surface area contributed by atoms with Crippen LogP contribution in [-0.4, -0.2) is 41.0 Å². The monoisotopic (exact) mass is 375 g/mol. The van der Waals surface area contributed by atoms with Crippen LogP contribution in [0.5, 0.6) is 23.0 Å². The summed E-state index contributed by atoms with van der Waals surface area (Å²) in [6.45, 7) is 0.479. The fourth-order valence-corrected chi connectivity index (χ4v) is 2.56. The van der Waals surface area contributed by atoms with Gasteiger partial charge in [-0.25, -0.2) is 0 Å². The maximum atomic E-state index is 12.0. The summed E-state index contributed by atoms with van der Waals surface area (Å²) in [6.07, 6.45) is 0.799. The third kappa shape index (κ3) is 5.79. The normalized spacial score (nSPS) is 10.2. The Morgan fingerprint density at radius 2 is 1.30 bits per heavy atom. The van der Waals surface area contributed by atoms with Gasteiger partial charge in [0, 0.05) is 6.54 Å². The number of hydrogen-bond donors (Lipinski definition) is 1. The van der Waals surface area contributed by atoms with Gasteiger partial charge in [-0.3, -0.25) is 4.79 Å². The van der Waals surface area contributed by atoms with Crippen molar-refractivity contribution in [1.82, 2.24) is 5.48 Å². The number of nitrogens with one attached hydrogen (secondary N) is 1. The Balaban J connectivity index is 1.79. The van der Waals surface area contributed by atoms with E-state index in [9.17, 15) is 4.79 Å². The number of methoxy groups -OCH3 is 4. The van der Waals surface area contributed by atoms with Crippen LogP contribution in [0.1, 0.15) is 11.1 Å². The van der Waals surface area contributed by atoms with Gasteiger partial charge in [0.15, 0.2) is 23.0 Å². The SMILES string of the molecule is COc1ccc(CCNOC(=O)Cc2ccc(OC)c(OC)c2)cc1OC. The van der Waals surface area contributed by atoms with Crippen molar-refractivity contribution >= 4 is 5.97 Å². The van der Waals surface area contributed by atoms with Crippen LogP contribution in [0, 0.1) is 0 Å². The van der Waals surface area contributed by atoms with Crippen LogP contribution < -0.4 is 24.4 Å². The largest absolute Gasteiger partial charge is 0.493 e. The van der Waals surface area contributed by atoms with E-state index in [2.05, 4.69) is 5.48 Å². The number of hydrogen-bond acceptors (Lipinski definition) is 7. The summed E-state index contributed by atoms with van der Waals surface area (Å²) in [7, 11) is 6.30. The molecular weight excluding hydrogens is 350 g/mol. The first kappa shape index (κ1) is 20.4. The Bertz CT molecular complexity index is 762. The molecule has 27 heavy (non-hydrogen) atoms. The van der Waals surface area contributed by atoms with Gasteiger partial charge in [-0.15, -0.1) is 0 Å². The smallest absolute Gasteiger partial charge is 0.329 e. The molecule has 2 rings (SSSR count). The zero-order valence-corrected chi connectivity index (χ0v) is 16.0. The van der Waals surface area contributed by atoms with E-state index in [1.807, 2.05) is 18.2 Å². The molecule has 2 aromatic rings. The molecular formula is C20H25NO6. The summed E-state index contributed by atoms with van der Waals surface area (Å²) in [5.74, 6) is 2.15. The number of ether oxygens (including phenoxy) is 4. The predicted molar refractivity (Wildman–Crippen MR) is 101 cm³/mol. The minimum atomic E-state index is -0.380. The van der Waals surface area contributed by atoms with Gasteiger partial charge in [-0.1, -0.05) is 12.1 Å². The Morgan fingerprint density at radius 1 is 0.778 bits per heavy atom. The van der Waals surface area contributed by atoms with Crippen LogP contribution in [0.4, 0.5) is 0 Å². The first-order valence-electron chi connectivity index (χ1n) is 8.45. The van der Waals surface area contributed by atoms with Crippen molar-refractivity contribution in [2.24, 2.45) is 0 Å². The average Bonchev–Trinajstić information content (AvgIpc) is 2.70. The molecule has 146 valence electrons. The zero-order valence-electron chi connectivity index (χ0n) is 16.0. The molecule has 0 saturated carbocycles. The topological polar surface area (TPSA) is 75.3 Å². The van der Waals surface area contributed by atoms with Gasteiger partial charge >= 0.3 is 5.97 Å². The van der Waals surface area contributed by atoms with Crippen molar-refractivity contribution in [3.63, 3.8) is 0 Å². The highest BCUT2D eigenvalue weighted by atomic mass is 16.7. The van der Waals surface area contributed by atoms with E-state index in [1.54, 1.807) is 46.6 Å². The van der Waals surface area contributed by atoms with E-state index in [-0.39, 0.29) is 12.4 Å². The second-order valence-electron chi connectivity index (χ2n) is 5.67. The lowest BCUT2D eigenvalue weighted by Crippen LogP contribution is -2.23. The molecule has 0 spiro atoms. The molecule has 7 nitrogen and oxygen atoms in total. The van der Waals surface area contributed by atoms with Gasteiger partial charge in [0.25, 0.3) is 0 Å². The summed E-state index contributed by atoms with van der Waals surface area (Å²) in [5.41, 5.74) is 4.51. The van der Waals surface area contributed by atoms with Gasteiger partial charge in [-0.05, 0) is 41.8 Å². The Labute approximate surface area is 159 Å². The standard InChI is InChI=1S/C20H25NO6/c1-23-16-7-5-14(11-18(16)25-3)9-10-21-27-20(22)13-15-6-8-17(24-2)19(12-15)26-4/h5-8,11-12,21H,9-10,13H2,1-4H3. The molecule has 0 fully saturated rings. The molecule has 0 aliphatic rings. The van der Waals surface area contributed by atoms with Crippen molar-refractivity contribution in [3.05, 3.63) is 47.5 Å². The van der Waals surface area contributed by atoms with E-state index in [0.717, 1.165) is 11.1 Å². The first-order valence-corrected chi connectivity index (χ1v) is 8.45. The maximum absolute atomic E-state index is 12.0. The van der Waals surface area contributed by atoms with E-state index >= 15 is 0 Å². The lowest BCUT2D eigenvalue weighted by atomic mass is 10.1. The van der Waals surface area contributed by atoms with E-state index in [0.29, 0.717) is 36.0 Å². The second-order valence-corrected chi connectivity index (χ2v) is 5.67. The Morgan fingerprint density at radius 3 is 1.85 bits per heavy atom. The van der Waals surface area contributed by atoms with E-state index in [1.165, 1.54) is 0 Å². The summed E-state index contributed by atoms with van der Waals surface area (Å²) < 4.78 is 20.9. The molecule has 0 aliphatic heterocycles. The summed E-state index contributed by atoms with van der Waals surface area (Å²) in [5, 5.41) is 0. The molecule has 0 aromatic heterocycles. The highest BCUT2D eigenvalue weighted by Crippen LogP contribution is 2.28. The van der Waals surface area contributed by atoms with Crippen LogP contribution in [0.25, 0.3) is 0 Å². The van der Waals surface area contributed by atoms with Gasteiger partial charge < -0.3 is 23.8 Å². The minimum absolute atomic E-state index is 0.129. The molecule has 0 saturated heterocycles. The fraction of sp³-hybridized carbons (Fsp3) is 0.350. The maximum Gasteiger partial charge on any atom is 0.329 e. The number of rotatable bonds is 10. The number of hydroxylamine groups is 1. The van der Waals surface area contributed by atoms with Gasteiger partial charge in [0.1, 0.15) is 0 Å². The molecule has 0 heterocycles. The molecule has 0 atom stereocenters. The molecule has 0 aliphatic carbocycles. The highest BCUT2D eigenvalue weighted by molar-refractivity contribution is 5.72. The quantitative estimate of drug-likeness (QED) is 0.505. The summed E-state index contributed by atoms with van der Waals surface area (Å²) >= 11 is 0. The number of carbonyl (C=O) groups is 1. The van der Waals surface area contributed by atoms with Crippen LogP contribution in [0.15, 0.2) is 36.4 Å². The van der Waals surface area contributed by atoms with Crippen molar-refractivity contribution < 1.29 is 28.6 Å². The lowest BCUT2D eigenvalue weighted by Gasteiger charge is -2.11. The number of benzene rings is 2. The Kier molecular flexibility index (Phi) is 7.76. The van der Waals surface area contributed by atoms with Crippen molar-refractivity contribution in [2.75, 3.05) is 35.0 Å². The van der Waals surface area contributed by atoms with E-state index in [4.69, 9.17) is 23.8 Å². The van der Waals surface area contributed by atoms with Crippen LogP contribution >= 0.6 is 0 Å². The lowest BCUT2D eigenvalue weighted by molar-refractivity contribution is -0.150. The van der Waals surface area contributed by atoms with Gasteiger partial charge in [0.2, 0.25) is 0 Å². The third-order valence-corrected chi connectivity index (χ3v) is 3.95. The van der Waals surface area contributed by atoms with E-state index < -0.39 is 0 Å². The minimum Gasteiger partial charge on any atom is -0.493 e. The first-order chi connectivity index (χ1) is 13.1. The summed E-state index contributed by atoms with van der Waals surface area (Å²) in [4.78, 5) is 17.1. The molecule has 0 amide bonds. The highest BCUT2D eigenvalue weighted by Gasteiger charge is 2.10. The van der Waals surface area contributed by atoms with Crippen LogP contribution in [0.3, 0.4) is 0 Å². The number of carbonyl (C=O) groups excluding carboxylic acids is 1. The van der Waals surface area contributed by atoms with Crippen LogP contribution in [-0.2, 0) is 22.5 Å². The Hall–Kier alpha value is -2.93. The zero-order chi connectivity index (χ0) is 19.6. The molecule has 0 unspecified atom stereocenters. The molecule has 0 bridgehead atoms. The van der Waals surface area contributed by atoms with Crippen molar-refractivity contribution in [2.45, 2.75) is 12.8 Å². The second kappa shape index (κ2) is 10.3. The molecule has 0 radical (unpaired) electrons. The van der Waals surface area contributed by atoms with Crippen LogP contribution in [0.2, 0.25) is 0 Å².